The molecule has 0 unspecified atom stereocenters. The van der Waals surface area contributed by atoms with E-state index < -0.39 is 17.1 Å². The zero-order chi connectivity index (χ0) is 16.2. The summed E-state index contributed by atoms with van der Waals surface area (Å²) in [6.07, 6.45) is 7.81. The first-order chi connectivity index (χ1) is 11.1. The third-order valence-electron chi connectivity index (χ3n) is 3.64. The Hall–Kier alpha value is -2.89. The van der Waals surface area contributed by atoms with Gasteiger partial charge in [0.25, 0.3) is 11.3 Å². The lowest BCUT2D eigenvalue weighted by Gasteiger charge is -2.10. The maximum atomic E-state index is 12.1. The number of rotatable bonds is 0. The number of allylic oxidation sites excluding steroid dienone is 2. The summed E-state index contributed by atoms with van der Waals surface area (Å²) in [4.78, 5) is 24.1. The molecule has 2 aromatic rings. The Morgan fingerprint density at radius 1 is 1.22 bits per heavy atom. The fraction of sp³-hybridized carbons (Fsp3) is 0.235. The number of carbonyl (C=O) groups excluding carboxylic acids is 1. The number of aromatic nitrogens is 2. The van der Waals surface area contributed by atoms with Gasteiger partial charge in [-0.3, -0.25) is 9.59 Å². The number of carbonyl (C=O) groups is 1. The van der Waals surface area contributed by atoms with Crippen LogP contribution in [0.1, 0.15) is 28.9 Å². The lowest BCUT2D eigenvalue weighted by molar-refractivity contribution is 0.0944. The molecule has 0 aliphatic carbocycles. The van der Waals surface area contributed by atoms with Crippen LogP contribution in [-0.2, 0) is 6.42 Å². The van der Waals surface area contributed by atoms with Crippen molar-refractivity contribution in [2.24, 2.45) is 0 Å². The molecule has 0 radical (unpaired) electrons. The fourth-order valence-corrected chi connectivity index (χ4v) is 2.43. The Balaban J connectivity index is 2.13. The van der Waals surface area contributed by atoms with E-state index in [0.717, 1.165) is 24.8 Å². The van der Waals surface area contributed by atoms with Crippen molar-refractivity contribution in [3.05, 3.63) is 64.1 Å². The molecule has 1 aliphatic rings. The van der Waals surface area contributed by atoms with Gasteiger partial charge in [0.05, 0.1) is 11.9 Å². The fourth-order valence-electron chi connectivity index (χ4n) is 2.43. The van der Waals surface area contributed by atoms with Gasteiger partial charge in [-0.2, -0.15) is 5.10 Å². The summed E-state index contributed by atoms with van der Waals surface area (Å²) >= 11 is 0. The normalized spacial score (nSPS) is 16.3. The maximum absolute atomic E-state index is 12.1. The van der Waals surface area contributed by atoms with E-state index in [9.17, 15) is 14.7 Å². The first-order valence-corrected chi connectivity index (χ1v) is 7.50. The van der Waals surface area contributed by atoms with Crippen molar-refractivity contribution in [1.29, 1.82) is 0 Å². The molecule has 1 amide bonds. The van der Waals surface area contributed by atoms with Crippen molar-refractivity contribution in [1.82, 2.24) is 15.1 Å². The number of nitrogens with zero attached hydrogens (tertiary/aromatic N) is 2. The van der Waals surface area contributed by atoms with Crippen LogP contribution in [0.15, 0.2) is 47.4 Å². The lowest BCUT2D eigenvalue weighted by atomic mass is 10.1. The van der Waals surface area contributed by atoms with Crippen molar-refractivity contribution >= 4 is 5.91 Å². The standard InChI is InChI=1S/C17H17N3O3/c21-14-11-20-13-8-5-7-12(10-13)6-3-1-2-4-9-18-17(23)15(19-20)16(14)22/h1,3,5,7-8,10-11,21H,2,4,6,9H2,(H,18,23)/b3-1-. The summed E-state index contributed by atoms with van der Waals surface area (Å²) in [5.74, 6) is -1.07. The van der Waals surface area contributed by atoms with E-state index in [0.29, 0.717) is 12.2 Å². The SMILES string of the molecule is O=C1NCCC/C=C\Cc2cccc(c2)-n2cc(O)c(=O)c1n2. The van der Waals surface area contributed by atoms with Gasteiger partial charge in [-0.1, -0.05) is 24.3 Å². The zero-order valence-electron chi connectivity index (χ0n) is 12.5. The first-order valence-electron chi connectivity index (χ1n) is 7.50. The van der Waals surface area contributed by atoms with E-state index in [-0.39, 0.29) is 5.69 Å². The Labute approximate surface area is 133 Å². The molecule has 3 rings (SSSR count). The van der Waals surface area contributed by atoms with Gasteiger partial charge < -0.3 is 10.4 Å². The second kappa shape index (κ2) is 6.48. The molecule has 118 valence electrons. The summed E-state index contributed by atoms with van der Waals surface area (Å²) in [5, 5.41) is 16.6. The molecule has 23 heavy (non-hydrogen) atoms. The molecule has 6 heteroatoms. The number of aromatic hydroxyl groups is 1. The van der Waals surface area contributed by atoms with Crippen LogP contribution >= 0.6 is 0 Å². The highest BCUT2D eigenvalue weighted by Crippen LogP contribution is 2.13. The largest absolute Gasteiger partial charge is 0.503 e. The molecule has 0 saturated carbocycles. The van der Waals surface area contributed by atoms with Crippen LogP contribution in [0.25, 0.3) is 5.69 Å². The molecule has 0 atom stereocenters. The Morgan fingerprint density at radius 3 is 2.96 bits per heavy atom. The van der Waals surface area contributed by atoms with Gasteiger partial charge in [0.15, 0.2) is 11.4 Å². The molecule has 4 bridgehead atoms. The van der Waals surface area contributed by atoms with Crippen LogP contribution in [-0.4, -0.2) is 27.3 Å². The minimum Gasteiger partial charge on any atom is -0.503 e. The topological polar surface area (TPSA) is 84.2 Å². The van der Waals surface area contributed by atoms with Gasteiger partial charge in [0.2, 0.25) is 0 Å². The number of amides is 1. The van der Waals surface area contributed by atoms with Crippen molar-refractivity contribution in [3.63, 3.8) is 0 Å². The van der Waals surface area contributed by atoms with E-state index in [4.69, 9.17) is 0 Å². The average Bonchev–Trinajstić information content (AvgIpc) is 2.55. The smallest absolute Gasteiger partial charge is 0.275 e. The summed E-state index contributed by atoms with van der Waals surface area (Å²) in [6, 6.07) is 7.59. The Morgan fingerprint density at radius 2 is 2.09 bits per heavy atom. The predicted octanol–water partition coefficient (Wildman–Crippen LogP) is 1.56. The van der Waals surface area contributed by atoms with Crippen molar-refractivity contribution in [3.8, 4) is 11.4 Å². The average molecular weight is 311 g/mol. The minimum absolute atomic E-state index is 0.303. The number of nitrogens with one attached hydrogen (secondary N) is 1. The van der Waals surface area contributed by atoms with Gasteiger partial charge in [0.1, 0.15) is 0 Å². The molecule has 0 spiro atoms. The van der Waals surface area contributed by atoms with Crippen LogP contribution in [0.2, 0.25) is 0 Å². The van der Waals surface area contributed by atoms with E-state index in [1.54, 1.807) is 6.07 Å². The van der Waals surface area contributed by atoms with Gasteiger partial charge >= 0.3 is 0 Å². The number of benzene rings is 1. The third-order valence-corrected chi connectivity index (χ3v) is 3.64. The summed E-state index contributed by atoms with van der Waals surface area (Å²) < 4.78 is 1.35. The molecule has 0 fully saturated rings. The molecule has 2 N–H and O–H groups in total. The second-order valence-corrected chi connectivity index (χ2v) is 5.38. The third kappa shape index (κ3) is 3.31. The highest BCUT2D eigenvalue weighted by Gasteiger charge is 2.17. The summed E-state index contributed by atoms with van der Waals surface area (Å²) in [6.45, 7) is 0.450. The molecule has 1 aromatic heterocycles. The first kappa shape index (κ1) is 15.0. The molecular weight excluding hydrogens is 294 g/mol. The molecule has 1 aliphatic heterocycles. The highest BCUT2D eigenvalue weighted by molar-refractivity contribution is 5.92. The van der Waals surface area contributed by atoms with Crippen LogP contribution in [0.3, 0.4) is 0 Å². The van der Waals surface area contributed by atoms with Crippen LogP contribution in [0.4, 0.5) is 0 Å². The van der Waals surface area contributed by atoms with E-state index in [1.165, 1.54) is 10.9 Å². The van der Waals surface area contributed by atoms with Crippen molar-refractivity contribution < 1.29 is 9.90 Å². The highest BCUT2D eigenvalue weighted by atomic mass is 16.3. The van der Waals surface area contributed by atoms with Crippen LogP contribution in [0.5, 0.6) is 5.75 Å². The lowest BCUT2D eigenvalue weighted by Crippen LogP contribution is -2.32. The van der Waals surface area contributed by atoms with Gasteiger partial charge in [-0.05, 0) is 37.0 Å². The zero-order valence-corrected chi connectivity index (χ0v) is 12.5. The number of fused-ring (bicyclic) bond motifs is 5. The maximum Gasteiger partial charge on any atom is 0.275 e. The Kier molecular flexibility index (Phi) is 4.23. The minimum atomic E-state index is -0.762. The van der Waals surface area contributed by atoms with Crippen molar-refractivity contribution in [2.45, 2.75) is 19.3 Å². The quantitative estimate of drug-likeness (QED) is 0.723. The van der Waals surface area contributed by atoms with Crippen LogP contribution < -0.4 is 10.7 Å². The molecular formula is C17H17N3O3. The summed E-state index contributed by atoms with van der Waals surface area (Å²) in [7, 11) is 0. The van der Waals surface area contributed by atoms with Crippen molar-refractivity contribution in [2.75, 3.05) is 6.54 Å². The van der Waals surface area contributed by atoms with Gasteiger partial charge in [-0.15, -0.1) is 0 Å². The molecule has 2 heterocycles. The Bertz CT molecular complexity index is 824. The number of hydrogen-bond donors (Lipinski definition) is 2. The monoisotopic (exact) mass is 311 g/mol. The van der Waals surface area contributed by atoms with Crippen LogP contribution in [0, 0.1) is 0 Å². The molecule has 1 aromatic carbocycles. The predicted molar refractivity (Wildman–Crippen MR) is 85.9 cm³/mol. The van der Waals surface area contributed by atoms with Gasteiger partial charge in [0, 0.05) is 6.54 Å². The molecule has 0 saturated heterocycles. The van der Waals surface area contributed by atoms with Gasteiger partial charge in [-0.25, -0.2) is 4.68 Å². The number of hydrogen-bond acceptors (Lipinski definition) is 4. The van der Waals surface area contributed by atoms with E-state index in [2.05, 4.69) is 22.6 Å². The van der Waals surface area contributed by atoms with E-state index >= 15 is 0 Å². The van der Waals surface area contributed by atoms with E-state index in [1.807, 2.05) is 18.2 Å². The second-order valence-electron chi connectivity index (χ2n) is 5.38. The summed E-state index contributed by atoms with van der Waals surface area (Å²) in [5.41, 5.74) is 0.698. The molecule has 6 nitrogen and oxygen atoms in total.